The Morgan fingerprint density at radius 3 is 2.78 bits per heavy atom. The van der Waals surface area contributed by atoms with Crippen molar-refractivity contribution >= 4 is 70.0 Å². The number of carbonyl (C=O) groups is 4. The molecule has 15 heteroatoms. The summed E-state index contributed by atoms with van der Waals surface area (Å²) >= 11 is 14.4. The summed E-state index contributed by atoms with van der Waals surface area (Å²) < 4.78 is 6.23. The van der Waals surface area contributed by atoms with E-state index >= 15 is 0 Å². The summed E-state index contributed by atoms with van der Waals surface area (Å²) in [4.78, 5) is 53.1. The molecule has 0 aliphatic carbocycles. The van der Waals surface area contributed by atoms with Gasteiger partial charge in [0.25, 0.3) is 5.91 Å². The molecule has 11 nitrogen and oxygen atoms in total. The molecule has 2 heterocycles. The summed E-state index contributed by atoms with van der Waals surface area (Å²) in [6.45, 7) is 2.99. The number of thiazole rings is 1. The molecule has 200 valence electrons. The summed E-state index contributed by atoms with van der Waals surface area (Å²) in [5.41, 5.74) is 6.04. The summed E-state index contributed by atoms with van der Waals surface area (Å²) in [5.74, 6) is -3.13. The number of primary amides is 1. The topological polar surface area (TPSA) is 164 Å². The van der Waals surface area contributed by atoms with E-state index in [1.807, 2.05) is 12.1 Å². The van der Waals surface area contributed by atoms with Gasteiger partial charge in [0.15, 0.2) is 4.34 Å². The average Bonchev–Trinajstić information content (AvgIpc) is 3.32. The number of thioether (sulfide) groups is 1. The van der Waals surface area contributed by atoms with Gasteiger partial charge >= 0.3 is 5.97 Å². The molecule has 1 aromatic carbocycles. The molecule has 1 unspecified atom stereocenters. The molecule has 1 aliphatic rings. The first-order valence-electron chi connectivity index (χ1n) is 11.1. The van der Waals surface area contributed by atoms with Gasteiger partial charge in [-0.05, 0) is 17.7 Å². The van der Waals surface area contributed by atoms with E-state index in [1.54, 1.807) is 6.07 Å². The van der Waals surface area contributed by atoms with Crippen molar-refractivity contribution in [3.63, 3.8) is 0 Å². The monoisotopic (exact) mass is 589 g/mol. The lowest BCUT2D eigenvalue weighted by Gasteiger charge is -2.33. The molecule has 37 heavy (non-hydrogen) atoms. The van der Waals surface area contributed by atoms with E-state index < -0.39 is 30.2 Å². The predicted octanol–water partition coefficient (Wildman–Crippen LogP) is 1.62. The van der Waals surface area contributed by atoms with Gasteiger partial charge in [0, 0.05) is 31.6 Å². The summed E-state index contributed by atoms with van der Waals surface area (Å²) in [6.07, 6.45) is -0.700. The van der Waals surface area contributed by atoms with Gasteiger partial charge in [0.2, 0.25) is 11.8 Å². The van der Waals surface area contributed by atoms with Gasteiger partial charge in [-0.1, -0.05) is 41.0 Å². The number of nitrogens with zero attached hydrogens (tertiary/aromatic N) is 2. The van der Waals surface area contributed by atoms with Crippen LogP contribution in [0.15, 0.2) is 27.9 Å². The molecule has 2 atom stereocenters. The Morgan fingerprint density at radius 2 is 2.08 bits per heavy atom. The first-order chi connectivity index (χ1) is 17.6. The third kappa shape index (κ3) is 9.43. The molecule has 0 spiro atoms. The van der Waals surface area contributed by atoms with Crippen molar-refractivity contribution in [1.82, 2.24) is 20.5 Å². The maximum absolute atomic E-state index is 12.3. The first-order valence-corrected chi connectivity index (χ1v) is 13.7. The van der Waals surface area contributed by atoms with E-state index in [2.05, 4.69) is 20.5 Å². The van der Waals surface area contributed by atoms with E-state index in [9.17, 15) is 19.2 Å². The van der Waals surface area contributed by atoms with Gasteiger partial charge in [-0.15, -0.1) is 11.3 Å². The van der Waals surface area contributed by atoms with Crippen LogP contribution in [0.5, 0.6) is 0 Å². The highest BCUT2D eigenvalue weighted by atomic mass is 35.5. The van der Waals surface area contributed by atoms with Crippen molar-refractivity contribution in [2.24, 2.45) is 5.73 Å². The molecule has 0 radical (unpaired) electrons. The number of morpholine rings is 1. The number of rotatable bonds is 12. The van der Waals surface area contributed by atoms with Gasteiger partial charge < -0.3 is 26.2 Å². The lowest BCUT2D eigenvalue weighted by Crippen LogP contribution is -2.47. The van der Waals surface area contributed by atoms with Crippen LogP contribution in [0.2, 0.25) is 10.0 Å². The highest BCUT2D eigenvalue weighted by Gasteiger charge is 2.24. The first kappa shape index (κ1) is 29.1. The Bertz CT molecular complexity index is 1150. The fourth-order valence-corrected chi connectivity index (χ4v) is 5.37. The van der Waals surface area contributed by atoms with Gasteiger partial charge in [-0.25, -0.2) is 9.78 Å². The van der Waals surface area contributed by atoms with E-state index in [0.717, 1.165) is 35.2 Å². The normalized spacial score (nSPS) is 16.6. The second-order valence-electron chi connectivity index (χ2n) is 8.10. The van der Waals surface area contributed by atoms with E-state index in [1.165, 1.54) is 5.38 Å². The van der Waals surface area contributed by atoms with Crippen LogP contribution in [0.3, 0.4) is 0 Å². The number of nitrogens with one attached hydrogen (secondary N) is 2. The molecular formula is C22H25Cl2N5O6S2. The van der Waals surface area contributed by atoms with Crippen molar-refractivity contribution < 1.29 is 29.0 Å². The molecular weight excluding hydrogens is 565 g/mol. The highest BCUT2D eigenvalue weighted by molar-refractivity contribution is 8.01. The number of carboxylic acids is 1. The number of aliphatic carboxylic acids is 1. The van der Waals surface area contributed by atoms with Crippen LogP contribution in [-0.2, 0) is 25.7 Å². The third-order valence-electron chi connectivity index (χ3n) is 5.19. The van der Waals surface area contributed by atoms with Crippen molar-refractivity contribution in [2.45, 2.75) is 29.5 Å². The lowest BCUT2D eigenvalue weighted by atomic mass is 10.2. The number of ether oxygens (including phenoxy) is 1. The lowest BCUT2D eigenvalue weighted by molar-refractivity contribution is -0.140. The number of amides is 3. The largest absolute Gasteiger partial charge is 0.480 e. The van der Waals surface area contributed by atoms with Crippen molar-refractivity contribution in [2.75, 3.05) is 32.0 Å². The van der Waals surface area contributed by atoms with Gasteiger partial charge in [0.1, 0.15) is 11.7 Å². The minimum atomic E-state index is -1.45. The minimum absolute atomic E-state index is 0.0127. The zero-order valence-corrected chi connectivity index (χ0v) is 22.6. The molecule has 1 fully saturated rings. The van der Waals surface area contributed by atoms with E-state index in [4.69, 9.17) is 38.8 Å². The average molecular weight is 591 g/mol. The van der Waals surface area contributed by atoms with Crippen LogP contribution in [0, 0.1) is 0 Å². The zero-order valence-electron chi connectivity index (χ0n) is 19.4. The Labute approximate surface area is 231 Å². The smallest absolute Gasteiger partial charge is 0.326 e. The van der Waals surface area contributed by atoms with Crippen LogP contribution in [-0.4, -0.2) is 82.8 Å². The van der Waals surface area contributed by atoms with Gasteiger partial charge in [-0.3, -0.25) is 19.3 Å². The van der Waals surface area contributed by atoms with Gasteiger partial charge in [-0.2, -0.15) is 0 Å². The fraction of sp³-hybridized carbons (Fsp3) is 0.409. The standard InChI is InChI=1S/C22H25Cl2N5O6S2/c23-14-2-1-12(5-15(14)24)8-29-3-4-35-13(9-29)7-26-19(31)11-37-22-28-17(10-36-22)20(32)27-16(21(33)34)6-18(25)30/h1-2,5,10,13,16H,3-4,6-9,11H2,(H2,25,30)(H,26,31)(H,27,32)(H,33,34)/t13?,16-/m0/s1. The SMILES string of the molecule is NC(=O)C[C@H](NC(=O)c1csc(SCC(=O)NCC2CN(Cc3ccc(Cl)c(Cl)c3)CCO2)n1)C(=O)O. The molecule has 3 amide bonds. The number of hydrogen-bond donors (Lipinski definition) is 4. The molecule has 1 saturated heterocycles. The number of aromatic nitrogens is 1. The van der Waals surface area contributed by atoms with Crippen molar-refractivity contribution in [1.29, 1.82) is 0 Å². The summed E-state index contributed by atoms with van der Waals surface area (Å²) in [6, 6.07) is 4.09. The third-order valence-corrected chi connectivity index (χ3v) is 7.95. The van der Waals surface area contributed by atoms with Crippen LogP contribution in [0.4, 0.5) is 0 Å². The second-order valence-corrected chi connectivity index (χ2v) is 11.0. The number of carboxylic acid groups (broad SMARTS) is 1. The predicted molar refractivity (Wildman–Crippen MR) is 140 cm³/mol. The second kappa shape index (κ2) is 13.9. The number of hydrogen-bond acceptors (Lipinski definition) is 9. The number of carbonyl (C=O) groups excluding carboxylic acids is 3. The number of halogens is 2. The maximum Gasteiger partial charge on any atom is 0.326 e. The summed E-state index contributed by atoms with van der Waals surface area (Å²) in [5, 5.41) is 16.6. The highest BCUT2D eigenvalue weighted by Crippen LogP contribution is 2.24. The maximum atomic E-state index is 12.3. The van der Waals surface area contributed by atoms with E-state index in [0.29, 0.717) is 40.6 Å². The van der Waals surface area contributed by atoms with Crippen LogP contribution in [0.25, 0.3) is 0 Å². The Balaban J connectivity index is 1.40. The fourth-order valence-electron chi connectivity index (χ4n) is 3.41. The number of nitrogens with two attached hydrogens (primary N) is 1. The van der Waals surface area contributed by atoms with E-state index in [-0.39, 0.29) is 23.5 Å². The molecule has 0 saturated carbocycles. The molecule has 0 bridgehead atoms. The van der Waals surface area contributed by atoms with Crippen LogP contribution in [0.1, 0.15) is 22.5 Å². The molecule has 3 rings (SSSR count). The van der Waals surface area contributed by atoms with Crippen LogP contribution >= 0.6 is 46.3 Å². The molecule has 5 N–H and O–H groups in total. The Hall–Kier alpha value is -2.42. The molecule has 1 aromatic heterocycles. The zero-order chi connectivity index (χ0) is 26.9. The van der Waals surface area contributed by atoms with Crippen molar-refractivity contribution in [3.8, 4) is 0 Å². The van der Waals surface area contributed by atoms with Crippen LogP contribution < -0.4 is 16.4 Å². The molecule has 2 aromatic rings. The van der Waals surface area contributed by atoms with Crippen molar-refractivity contribution in [3.05, 3.63) is 44.9 Å². The number of benzene rings is 1. The van der Waals surface area contributed by atoms with Gasteiger partial charge in [0.05, 0.1) is 34.9 Å². The Kier molecular flexibility index (Phi) is 11.0. The summed E-state index contributed by atoms with van der Waals surface area (Å²) in [7, 11) is 0. The Morgan fingerprint density at radius 1 is 1.30 bits per heavy atom. The molecule has 1 aliphatic heterocycles. The quantitative estimate of drug-likeness (QED) is 0.269. The minimum Gasteiger partial charge on any atom is -0.480 e.